The minimum absolute atomic E-state index is 0.0229. The van der Waals surface area contributed by atoms with E-state index in [2.05, 4.69) is 4.72 Å². The summed E-state index contributed by atoms with van der Waals surface area (Å²) in [6.07, 6.45) is 3.50. The maximum atomic E-state index is 12.3. The Balaban J connectivity index is 2.19. The van der Waals surface area contributed by atoms with Gasteiger partial charge in [-0.25, -0.2) is 13.1 Å². The first kappa shape index (κ1) is 15.1. The molecule has 20 heavy (non-hydrogen) atoms. The monoisotopic (exact) mass is 300 g/mol. The molecule has 0 aliphatic heterocycles. The van der Waals surface area contributed by atoms with Crippen molar-refractivity contribution in [3.8, 4) is 5.75 Å². The smallest absolute Gasteiger partial charge is 0.240 e. The Hall–Kier alpha value is -1.31. The number of aliphatic hydroxyl groups excluding tert-OH is 1. The van der Waals surface area contributed by atoms with Crippen LogP contribution >= 0.6 is 0 Å². The van der Waals surface area contributed by atoms with Crippen molar-refractivity contribution in [2.45, 2.75) is 36.6 Å². The van der Waals surface area contributed by atoms with Crippen molar-refractivity contribution in [2.24, 2.45) is 5.92 Å². The molecule has 112 valence electrons. The molecule has 0 amide bonds. The van der Waals surface area contributed by atoms with Gasteiger partial charge in [0.2, 0.25) is 10.0 Å². The van der Waals surface area contributed by atoms with Crippen LogP contribution in [0.2, 0.25) is 0 Å². The lowest BCUT2D eigenvalue weighted by molar-refractivity contribution is 0.164. The molecule has 0 radical (unpaired) electrons. The topological polar surface area (TPSA) is 113 Å². The summed E-state index contributed by atoms with van der Waals surface area (Å²) in [5.41, 5.74) is 5.55. The molecule has 1 saturated carbocycles. The van der Waals surface area contributed by atoms with Gasteiger partial charge in [0.15, 0.2) is 0 Å². The predicted octanol–water partition coefficient (Wildman–Crippen LogP) is 0.804. The van der Waals surface area contributed by atoms with Crippen molar-refractivity contribution in [3.05, 3.63) is 18.2 Å². The standard InChI is InChI=1S/C13H20N2O4S/c14-11-7-10(5-6-13(11)17)20(18,19)15-12-4-2-1-3-9(12)8-16/h5-7,9,12,15-17H,1-4,8,14H2. The summed E-state index contributed by atoms with van der Waals surface area (Å²) >= 11 is 0. The molecule has 7 heteroatoms. The average Bonchev–Trinajstić information content (AvgIpc) is 2.42. The van der Waals surface area contributed by atoms with E-state index in [0.717, 1.165) is 25.7 Å². The molecule has 0 spiro atoms. The Labute approximate surface area is 118 Å². The Morgan fingerprint density at radius 3 is 2.65 bits per heavy atom. The fraction of sp³-hybridized carbons (Fsp3) is 0.538. The molecule has 1 fully saturated rings. The Kier molecular flexibility index (Phi) is 4.52. The highest BCUT2D eigenvalue weighted by atomic mass is 32.2. The highest BCUT2D eigenvalue weighted by Gasteiger charge is 2.29. The van der Waals surface area contributed by atoms with Crippen LogP contribution in [0.5, 0.6) is 5.75 Å². The lowest BCUT2D eigenvalue weighted by atomic mass is 9.86. The SMILES string of the molecule is Nc1cc(S(=O)(=O)NC2CCCCC2CO)ccc1O. The van der Waals surface area contributed by atoms with E-state index in [1.165, 1.54) is 18.2 Å². The number of benzene rings is 1. The first-order valence-corrected chi connectivity index (χ1v) is 8.14. The van der Waals surface area contributed by atoms with Crippen LogP contribution in [-0.2, 0) is 10.0 Å². The highest BCUT2D eigenvalue weighted by molar-refractivity contribution is 7.89. The summed E-state index contributed by atoms with van der Waals surface area (Å²) in [6.45, 7) is -0.0229. The third kappa shape index (κ3) is 3.23. The number of nitrogen functional groups attached to an aromatic ring is 1. The number of sulfonamides is 1. The number of rotatable bonds is 4. The van der Waals surface area contributed by atoms with Crippen molar-refractivity contribution in [1.82, 2.24) is 4.72 Å². The van der Waals surface area contributed by atoms with Crippen LogP contribution in [0.15, 0.2) is 23.1 Å². The van der Waals surface area contributed by atoms with Gasteiger partial charge in [0, 0.05) is 12.6 Å². The molecule has 2 rings (SSSR count). The van der Waals surface area contributed by atoms with Crippen LogP contribution in [-0.4, -0.2) is 31.3 Å². The van der Waals surface area contributed by atoms with E-state index >= 15 is 0 Å². The van der Waals surface area contributed by atoms with Gasteiger partial charge >= 0.3 is 0 Å². The van der Waals surface area contributed by atoms with Crippen LogP contribution in [0, 0.1) is 5.92 Å². The number of anilines is 1. The molecule has 1 aliphatic rings. The van der Waals surface area contributed by atoms with Crippen molar-refractivity contribution >= 4 is 15.7 Å². The van der Waals surface area contributed by atoms with Gasteiger partial charge in [0.1, 0.15) is 5.75 Å². The zero-order chi connectivity index (χ0) is 14.8. The van der Waals surface area contributed by atoms with Gasteiger partial charge in [-0.15, -0.1) is 0 Å². The molecular weight excluding hydrogens is 280 g/mol. The summed E-state index contributed by atoms with van der Waals surface area (Å²) < 4.78 is 27.2. The normalized spacial score (nSPS) is 23.6. The number of phenols is 1. The Morgan fingerprint density at radius 2 is 2.00 bits per heavy atom. The van der Waals surface area contributed by atoms with E-state index in [1.54, 1.807) is 0 Å². The number of hydrogen-bond acceptors (Lipinski definition) is 5. The molecule has 2 atom stereocenters. The van der Waals surface area contributed by atoms with Crippen LogP contribution < -0.4 is 10.5 Å². The summed E-state index contributed by atoms with van der Waals surface area (Å²) in [5, 5.41) is 18.7. The molecular formula is C13H20N2O4S. The summed E-state index contributed by atoms with van der Waals surface area (Å²) in [4.78, 5) is 0.0232. The van der Waals surface area contributed by atoms with Gasteiger partial charge < -0.3 is 15.9 Å². The Bertz CT molecular complexity index is 574. The third-order valence-corrected chi connectivity index (χ3v) is 5.25. The van der Waals surface area contributed by atoms with Crippen LogP contribution in [0.1, 0.15) is 25.7 Å². The van der Waals surface area contributed by atoms with Crippen LogP contribution in [0.3, 0.4) is 0 Å². The first-order valence-electron chi connectivity index (χ1n) is 6.65. The fourth-order valence-corrected chi connectivity index (χ4v) is 3.92. The van der Waals surface area contributed by atoms with Crippen molar-refractivity contribution in [2.75, 3.05) is 12.3 Å². The number of aliphatic hydroxyl groups is 1. The van der Waals surface area contributed by atoms with Crippen molar-refractivity contribution < 1.29 is 18.6 Å². The van der Waals surface area contributed by atoms with E-state index < -0.39 is 10.0 Å². The second-order valence-corrected chi connectivity index (χ2v) is 6.89. The van der Waals surface area contributed by atoms with E-state index in [0.29, 0.717) is 0 Å². The molecule has 1 aromatic carbocycles. The molecule has 0 heterocycles. The fourth-order valence-electron chi connectivity index (χ4n) is 2.55. The van der Waals surface area contributed by atoms with E-state index in [-0.39, 0.29) is 34.9 Å². The number of nitrogens with two attached hydrogens (primary N) is 1. The van der Waals surface area contributed by atoms with Gasteiger partial charge in [-0.05, 0) is 37.0 Å². The average molecular weight is 300 g/mol. The lowest BCUT2D eigenvalue weighted by Gasteiger charge is -2.30. The predicted molar refractivity (Wildman–Crippen MR) is 75.7 cm³/mol. The van der Waals surface area contributed by atoms with E-state index in [1.807, 2.05) is 0 Å². The van der Waals surface area contributed by atoms with Crippen molar-refractivity contribution in [3.63, 3.8) is 0 Å². The summed E-state index contributed by atoms with van der Waals surface area (Å²) in [6, 6.07) is 3.54. The van der Waals surface area contributed by atoms with Crippen LogP contribution in [0.4, 0.5) is 5.69 Å². The quantitative estimate of drug-likeness (QED) is 0.485. The number of aromatic hydroxyl groups is 1. The van der Waals surface area contributed by atoms with Crippen LogP contribution in [0.25, 0.3) is 0 Å². The zero-order valence-electron chi connectivity index (χ0n) is 11.1. The minimum Gasteiger partial charge on any atom is -0.506 e. The molecule has 2 unspecified atom stereocenters. The van der Waals surface area contributed by atoms with E-state index in [9.17, 15) is 18.6 Å². The van der Waals surface area contributed by atoms with Gasteiger partial charge in [-0.2, -0.15) is 0 Å². The zero-order valence-corrected chi connectivity index (χ0v) is 11.9. The molecule has 1 aromatic rings. The molecule has 5 N–H and O–H groups in total. The maximum Gasteiger partial charge on any atom is 0.240 e. The van der Waals surface area contributed by atoms with Gasteiger partial charge in [0.25, 0.3) is 0 Å². The second kappa shape index (κ2) is 5.99. The molecule has 6 nitrogen and oxygen atoms in total. The number of nitrogens with one attached hydrogen (secondary N) is 1. The molecule has 0 bridgehead atoms. The third-order valence-electron chi connectivity index (χ3n) is 3.76. The largest absolute Gasteiger partial charge is 0.506 e. The van der Waals surface area contributed by atoms with E-state index in [4.69, 9.17) is 5.73 Å². The van der Waals surface area contributed by atoms with Gasteiger partial charge in [-0.3, -0.25) is 0 Å². The maximum absolute atomic E-state index is 12.3. The summed E-state index contributed by atoms with van der Waals surface area (Å²) in [5.74, 6) is -0.192. The van der Waals surface area contributed by atoms with Crippen molar-refractivity contribution in [1.29, 1.82) is 0 Å². The summed E-state index contributed by atoms with van der Waals surface area (Å²) in [7, 11) is -3.69. The number of phenolic OH excluding ortho intramolecular Hbond substituents is 1. The van der Waals surface area contributed by atoms with Gasteiger partial charge in [0.05, 0.1) is 10.6 Å². The Morgan fingerprint density at radius 1 is 1.30 bits per heavy atom. The number of hydrogen-bond donors (Lipinski definition) is 4. The molecule has 0 aromatic heterocycles. The minimum atomic E-state index is -3.69. The lowest BCUT2D eigenvalue weighted by Crippen LogP contribution is -2.43. The highest BCUT2D eigenvalue weighted by Crippen LogP contribution is 2.27. The first-order chi connectivity index (χ1) is 9.44. The molecule has 0 saturated heterocycles. The van der Waals surface area contributed by atoms with Gasteiger partial charge in [-0.1, -0.05) is 12.8 Å². The molecule has 1 aliphatic carbocycles. The second-order valence-electron chi connectivity index (χ2n) is 5.18.